The molecule has 0 saturated heterocycles. The fourth-order valence-electron chi connectivity index (χ4n) is 2.48. The molecule has 3 heteroatoms. The van der Waals surface area contributed by atoms with Crippen LogP contribution in [0, 0.1) is 0 Å². The lowest BCUT2D eigenvalue weighted by atomic mass is 10.1. The topological polar surface area (TPSA) is 32.5 Å². The van der Waals surface area contributed by atoms with Gasteiger partial charge in [0.1, 0.15) is 0 Å². The number of unbranched alkanes of at least 4 members (excludes halogenated alkanes) is 1. The third-order valence-corrected chi connectivity index (χ3v) is 3.47. The summed E-state index contributed by atoms with van der Waals surface area (Å²) < 4.78 is 0. The highest BCUT2D eigenvalue weighted by Gasteiger charge is 2.22. The number of nitrogens with two attached hydrogens (primary N) is 1. The Morgan fingerprint density at radius 3 is 2.76 bits per heavy atom. The van der Waals surface area contributed by atoms with Gasteiger partial charge in [0.2, 0.25) is 0 Å². The summed E-state index contributed by atoms with van der Waals surface area (Å²) in [5.74, 6) is 0. The average Bonchev–Trinajstić information content (AvgIpc) is 2.69. The first-order valence-electron chi connectivity index (χ1n) is 6.48. The minimum Gasteiger partial charge on any atom is -0.397 e. The molecule has 94 valence electrons. The number of nitrogen functional groups attached to an aromatic ring is 1. The quantitative estimate of drug-likeness (QED) is 0.811. The van der Waals surface area contributed by atoms with Crippen molar-refractivity contribution in [1.82, 2.24) is 0 Å². The Bertz CT molecular complexity index is 399. The molecule has 0 fully saturated rings. The van der Waals surface area contributed by atoms with E-state index in [0.29, 0.717) is 0 Å². The summed E-state index contributed by atoms with van der Waals surface area (Å²) in [4.78, 5) is 4.55. The predicted molar refractivity (Wildman–Crippen MR) is 76.0 cm³/mol. The van der Waals surface area contributed by atoms with E-state index < -0.39 is 0 Å². The largest absolute Gasteiger partial charge is 0.397 e. The van der Waals surface area contributed by atoms with Crippen LogP contribution in [0.15, 0.2) is 12.1 Å². The predicted octanol–water partition coefficient (Wildman–Crippen LogP) is 2.50. The van der Waals surface area contributed by atoms with E-state index in [1.807, 2.05) is 0 Å². The lowest BCUT2D eigenvalue weighted by Gasteiger charge is -2.22. The normalized spacial score (nSPS) is 13.9. The Morgan fingerprint density at radius 1 is 1.35 bits per heavy atom. The summed E-state index contributed by atoms with van der Waals surface area (Å²) in [6.07, 6.45) is 3.61. The van der Waals surface area contributed by atoms with E-state index in [0.717, 1.165) is 25.2 Å². The summed E-state index contributed by atoms with van der Waals surface area (Å²) in [5.41, 5.74) is 11.0. The number of hydrogen-bond donors (Lipinski definition) is 1. The average molecular weight is 233 g/mol. The van der Waals surface area contributed by atoms with Crippen LogP contribution in [0.1, 0.15) is 25.3 Å². The maximum Gasteiger partial charge on any atom is 0.0634 e. The van der Waals surface area contributed by atoms with Gasteiger partial charge in [-0.3, -0.25) is 0 Å². The molecule has 1 aliphatic rings. The molecule has 2 N–H and O–H groups in total. The Balaban J connectivity index is 2.28. The van der Waals surface area contributed by atoms with Crippen molar-refractivity contribution in [2.75, 3.05) is 42.7 Å². The van der Waals surface area contributed by atoms with E-state index in [4.69, 9.17) is 5.73 Å². The molecular formula is C14H23N3. The first kappa shape index (κ1) is 12.1. The Hall–Kier alpha value is -1.38. The molecule has 0 radical (unpaired) electrons. The summed E-state index contributed by atoms with van der Waals surface area (Å²) in [5, 5.41) is 0. The number of hydrogen-bond acceptors (Lipinski definition) is 3. The third kappa shape index (κ3) is 2.33. The zero-order valence-electron chi connectivity index (χ0n) is 11.2. The van der Waals surface area contributed by atoms with Gasteiger partial charge in [-0.25, -0.2) is 0 Å². The smallest absolute Gasteiger partial charge is 0.0634 e. The molecule has 0 atom stereocenters. The fraction of sp³-hybridized carbons (Fsp3) is 0.571. The number of benzene rings is 1. The van der Waals surface area contributed by atoms with E-state index in [9.17, 15) is 0 Å². The maximum absolute atomic E-state index is 6.20. The molecule has 17 heavy (non-hydrogen) atoms. The zero-order valence-corrected chi connectivity index (χ0v) is 11.2. The summed E-state index contributed by atoms with van der Waals surface area (Å²) in [6.45, 7) is 4.49. The number of anilines is 3. The molecule has 1 heterocycles. The number of rotatable bonds is 4. The second-order valence-corrected chi connectivity index (χ2v) is 5.03. The van der Waals surface area contributed by atoms with Crippen LogP contribution in [0.3, 0.4) is 0 Å². The van der Waals surface area contributed by atoms with Crippen LogP contribution < -0.4 is 15.5 Å². The van der Waals surface area contributed by atoms with Gasteiger partial charge in [-0.1, -0.05) is 13.3 Å². The minimum atomic E-state index is 0.930. The molecular weight excluding hydrogens is 210 g/mol. The van der Waals surface area contributed by atoms with Crippen molar-refractivity contribution in [1.29, 1.82) is 0 Å². The van der Waals surface area contributed by atoms with Crippen LogP contribution in [0.2, 0.25) is 0 Å². The van der Waals surface area contributed by atoms with Crippen molar-refractivity contribution in [3.8, 4) is 0 Å². The molecule has 1 aliphatic heterocycles. The molecule has 3 nitrogen and oxygen atoms in total. The lowest BCUT2D eigenvalue weighted by molar-refractivity contribution is 0.737. The SMILES string of the molecule is CCCCN1CCc2cc(N(C)C)cc(N)c21. The number of fused-ring (bicyclic) bond motifs is 1. The lowest BCUT2D eigenvalue weighted by Crippen LogP contribution is -2.22. The van der Waals surface area contributed by atoms with Gasteiger partial charge in [-0.15, -0.1) is 0 Å². The van der Waals surface area contributed by atoms with Crippen molar-refractivity contribution < 1.29 is 0 Å². The van der Waals surface area contributed by atoms with Crippen LogP contribution in [0.5, 0.6) is 0 Å². The number of nitrogens with zero attached hydrogens (tertiary/aromatic N) is 2. The van der Waals surface area contributed by atoms with Crippen LogP contribution in [0.4, 0.5) is 17.1 Å². The van der Waals surface area contributed by atoms with Gasteiger partial charge in [-0.05, 0) is 30.5 Å². The first-order chi connectivity index (χ1) is 8.13. The Kier molecular flexibility index (Phi) is 3.46. The standard InChI is InChI=1S/C14H23N3/c1-4-5-7-17-8-6-11-9-12(16(2)3)10-13(15)14(11)17/h9-10H,4-8,15H2,1-3H3. The van der Waals surface area contributed by atoms with E-state index in [2.05, 4.69) is 43.0 Å². The molecule has 0 spiro atoms. The first-order valence-corrected chi connectivity index (χ1v) is 6.48. The summed E-state index contributed by atoms with van der Waals surface area (Å²) in [7, 11) is 4.12. The molecule has 0 saturated carbocycles. The molecule has 0 aliphatic carbocycles. The fourth-order valence-corrected chi connectivity index (χ4v) is 2.48. The van der Waals surface area contributed by atoms with E-state index in [1.165, 1.54) is 29.8 Å². The molecule has 0 bridgehead atoms. The highest BCUT2D eigenvalue weighted by Crippen LogP contribution is 2.37. The van der Waals surface area contributed by atoms with E-state index in [-0.39, 0.29) is 0 Å². The van der Waals surface area contributed by atoms with Gasteiger partial charge in [0.15, 0.2) is 0 Å². The van der Waals surface area contributed by atoms with Crippen LogP contribution in [-0.4, -0.2) is 27.2 Å². The van der Waals surface area contributed by atoms with Gasteiger partial charge < -0.3 is 15.5 Å². The third-order valence-electron chi connectivity index (χ3n) is 3.47. The summed E-state index contributed by atoms with van der Waals surface area (Å²) >= 11 is 0. The van der Waals surface area contributed by atoms with Crippen molar-refractivity contribution in [2.45, 2.75) is 26.2 Å². The molecule has 0 amide bonds. The van der Waals surface area contributed by atoms with Crippen molar-refractivity contribution >= 4 is 17.1 Å². The van der Waals surface area contributed by atoms with Gasteiger partial charge in [-0.2, -0.15) is 0 Å². The summed E-state index contributed by atoms with van der Waals surface area (Å²) in [6, 6.07) is 4.36. The van der Waals surface area contributed by atoms with Crippen molar-refractivity contribution in [2.24, 2.45) is 0 Å². The van der Waals surface area contributed by atoms with Gasteiger partial charge in [0.05, 0.1) is 11.4 Å². The molecule has 0 unspecified atom stereocenters. The van der Waals surface area contributed by atoms with Crippen molar-refractivity contribution in [3.63, 3.8) is 0 Å². The van der Waals surface area contributed by atoms with Gasteiger partial charge in [0, 0.05) is 32.9 Å². The van der Waals surface area contributed by atoms with Crippen LogP contribution in [0.25, 0.3) is 0 Å². The molecule has 1 aromatic rings. The van der Waals surface area contributed by atoms with Crippen LogP contribution >= 0.6 is 0 Å². The Morgan fingerprint density at radius 2 is 2.12 bits per heavy atom. The molecule has 1 aromatic carbocycles. The monoisotopic (exact) mass is 233 g/mol. The minimum absolute atomic E-state index is 0.930. The molecule has 2 rings (SSSR count). The van der Waals surface area contributed by atoms with Gasteiger partial charge >= 0.3 is 0 Å². The van der Waals surface area contributed by atoms with E-state index >= 15 is 0 Å². The maximum atomic E-state index is 6.20. The second kappa shape index (κ2) is 4.86. The van der Waals surface area contributed by atoms with E-state index in [1.54, 1.807) is 0 Å². The van der Waals surface area contributed by atoms with Gasteiger partial charge in [0.25, 0.3) is 0 Å². The highest BCUT2D eigenvalue weighted by atomic mass is 15.2. The van der Waals surface area contributed by atoms with Crippen LogP contribution in [-0.2, 0) is 6.42 Å². The molecule has 0 aromatic heterocycles. The highest BCUT2D eigenvalue weighted by molar-refractivity contribution is 5.79. The van der Waals surface area contributed by atoms with Crippen molar-refractivity contribution in [3.05, 3.63) is 17.7 Å². The second-order valence-electron chi connectivity index (χ2n) is 5.03. The zero-order chi connectivity index (χ0) is 12.4. The Labute approximate surface area is 104 Å².